The third kappa shape index (κ3) is 4.43. The summed E-state index contributed by atoms with van der Waals surface area (Å²) in [4.78, 5) is 21.8. The fraction of sp³-hybridized carbons (Fsp3) is 0. The number of halogens is 1. The summed E-state index contributed by atoms with van der Waals surface area (Å²) >= 11 is 5.78. The molecular weight excluding hydrogens is 294 g/mol. The number of ether oxygens (including phenoxy) is 1. The molecule has 0 amide bonds. The molecule has 0 spiro atoms. The fourth-order valence-corrected chi connectivity index (χ4v) is 1.77. The number of benzene rings is 2. The van der Waals surface area contributed by atoms with Crippen LogP contribution in [0, 0.1) is 10.1 Å². The largest absolute Gasteiger partial charge is 0.423 e. The summed E-state index contributed by atoms with van der Waals surface area (Å²) in [5.74, 6) is -0.264. The van der Waals surface area contributed by atoms with Crippen molar-refractivity contribution >= 4 is 29.3 Å². The first kappa shape index (κ1) is 14.7. The predicted molar refractivity (Wildman–Crippen MR) is 79.2 cm³/mol. The third-order valence-electron chi connectivity index (χ3n) is 2.51. The first-order valence-corrected chi connectivity index (χ1v) is 6.32. The van der Waals surface area contributed by atoms with Crippen LogP contribution in [-0.4, -0.2) is 10.9 Å². The molecule has 0 bridgehead atoms. The lowest BCUT2D eigenvalue weighted by atomic mass is 10.2. The molecular formula is C15H10ClNO4. The average Bonchev–Trinajstić information content (AvgIpc) is 2.45. The maximum atomic E-state index is 11.6. The van der Waals surface area contributed by atoms with E-state index < -0.39 is 10.9 Å². The molecule has 0 heterocycles. The van der Waals surface area contributed by atoms with Crippen molar-refractivity contribution in [1.82, 2.24) is 0 Å². The molecule has 0 fully saturated rings. The number of carbonyl (C=O) groups excluding carboxylic acids is 1. The molecule has 0 N–H and O–H groups in total. The van der Waals surface area contributed by atoms with E-state index in [0.29, 0.717) is 16.3 Å². The molecule has 0 unspecified atom stereocenters. The van der Waals surface area contributed by atoms with Crippen LogP contribution < -0.4 is 4.74 Å². The molecule has 0 atom stereocenters. The molecule has 2 aromatic rings. The van der Waals surface area contributed by atoms with Gasteiger partial charge in [-0.3, -0.25) is 10.1 Å². The highest BCUT2D eigenvalue weighted by Crippen LogP contribution is 2.18. The van der Waals surface area contributed by atoms with Crippen LogP contribution in [-0.2, 0) is 4.79 Å². The minimum atomic E-state index is -0.594. The Kier molecular flexibility index (Phi) is 4.68. The quantitative estimate of drug-likeness (QED) is 0.283. The first-order valence-electron chi connectivity index (χ1n) is 5.94. The highest BCUT2D eigenvalue weighted by molar-refractivity contribution is 6.30. The molecule has 5 nitrogen and oxygen atoms in total. The van der Waals surface area contributed by atoms with Gasteiger partial charge in [0.25, 0.3) is 5.69 Å². The minimum Gasteiger partial charge on any atom is -0.423 e. The van der Waals surface area contributed by atoms with E-state index in [9.17, 15) is 14.9 Å². The number of hydrogen-bond donors (Lipinski definition) is 0. The maximum Gasteiger partial charge on any atom is 0.336 e. The Hall–Kier alpha value is -2.66. The Balaban J connectivity index is 2.05. The Bertz CT molecular complexity index is 712. The number of non-ortho nitro benzene ring substituents is 1. The molecule has 106 valence electrons. The Morgan fingerprint density at radius 1 is 1.19 bits per heavy atom. The van der Waals surface area contributed by atoms with Gasteiger partial charge in [0, 0.05) is 23.2 Å². The molecule has 21 heavy (non-hydrogen) atoms. The van der Waals surface area contributed by atoms with Crippen LogP contribution in [0.1, 0.15) is 5.56 Å². The summed E-state index contributed by atoms with van der Waals surface area (Å²) in [5, 5.41) is 11.1. The van der Waals surface area contributed by atoms with Gasteiger partial charge in [-0.05, 0) is 29.8 Å². The molecule has 6 heteroatoms. The standard InChI is InChI=1S/C15H10ClNO4/c16-12-4-2-6-14(10-12)21-15(18)8-7-11-3-1-5-13(9-11)17(19)20/h1-10H/b8-7+. The van der Waals surface area contributed by atoms with Crippen molar-refractivity contribution in [2.24, 2.45) is 0 Å². The van der Waals surface area contributed by atoms with E-state index in [2.05, 4.69) is 0 Å². The second kappa shape index (κ2) is 6.67. The highest BCUT2D eigenvalue weighted by atomic mass is 35.5. The van der Waals surface area contributed by atoms with Crippen LogP contribution in [0.2, 0.25) is 5.02 Å². The van der Waals surface area contributed by atoms with Crippen molar-refractivity contribution in [3.8, 4) is 5.75 Å². The van der Waals surface area contributed by atoms with Crippen molar-refractivity contribution in [3.63, 3.8) is 0 Å². The molecule has 0 aromatic heterocycles. The molecule has 0 saturated carbocycles. The summed E-state index contributed by atoms with van der Waals surface area (Å²) in [6.45, 7) is 0. The van der Waals surface area contributed by atoms with Crippen molar-refractivity contribution in [2.45, 2.75) is 0 Å². The van der Waals surface area contributed by atoms with Crippen molar-refractivity contribution in [2.75, 3.05) is 0 Å². The van der Waals surface area contributed by atoms with Gasteiger partial charge in [0.1, 0.15) is 5.75 Å². The van der Waals surface area contributed by atoms with Gasteiger partial charge in [0.2, 0.25) is 0 Å². The number of rotatable bonds is 4. The number of carbonyl (C=O) groups is 1. The van der Waals surface area contributed by atoms with Crippen LogP contribution in [0.4, 0.5) is 5.69 Å². The highest BCUT2D eigenvalue weighted by Gasteiger charge is 2.05. The lowest BCUT2D eigenvalue weighted by molar-refractivity contribution is -0.384. The number of nitrogens with zero attached hydrogens (tertiary/aromatic N) is 1. The Morgan fingerprint density at radius 2 is 1.95 bits per heavy atom. The molecule has 2 aromatic carbocycles. The van der Waals surface area contributed by atoms with E-state index in [1.807, 2.05) is 0 Å². The van der Waals surface area contributed by atoms with Crippen LogP contribution in [0.5, 0.6) is 5.75 Å². The Morgan fingerprint density at radius 3 is 2.67 bits per heavy atom. The van der Waals surface area contributed by atoms with Crippen molar-refractivity contribution < 1.29 is 14.5 Å². The number of nitro groups is 1. The second-order valence-corrected chi connectivity index (χ2v) is 4.50. The second-order valence-electron chi connectivity index (χ2n) is 4.06. The monoisotopic (exact) mass is 303 g/mol. The number of esters is 1. The first-order chi connectivity index (χ1) is 10.0. The summed E-state index contributed by atoms with van der Waals surface area (Å²) in [6.07, 6.45) is 2.64. The predicted octanol–water partition coefficient (Wildman–Crippen LogP) is 3.87. The molecule has 0 aliphatic heterocycles. The zero-order chi connectivity index (χ0) is 15.2. The van der Waals surface area contributed by atoms with E-state index in [0.717, 1.165) is 0 Å². The van der Waals surface area contributed by atoms with Crippen molar-refractivity contribution in [1.29, 1.82) is 0 Å². The Labute approximate surface area is 125 Å². The summed E-state index contributed by atoms with van der Waals surface area (Å²) in [6, 6.07) is 12.4. The number of nitro benzene ring substituents is 1. The summed E-state index contributed by atoms with van der Waals surface area (Å²) in [7, 11) is 0. The van der Waals surface area contributed by atoms with Crippen molar-refractivity contribution in [3.05, 3.63) is 75.3 Å². The van der Waals surface area contributed by atoms with Gasteiger partial charge in [-0.25, -0.2) is 4.79 Å². The van der Waals surface area contributed by atoms with E-state index in [1.54, 1.807) is 30.3 Å². The molecule has 0 aliphatic carbocycles. The van der Waals surface area contributed by atoms with E-state index in [-0.39, 0.29) is 5.69 Å². The normalized spacial score (nSPS) is 10.5. The van der Waals surface area contributed by atoms with Gasteiger partial charge < -0.3 is 4.74 Å². The minimum absolute atomic E-state index is 0.0413. The zero-order valence-corrected chi connectivity index (χ0v) is 11.5. The topological polar surface area (TPSA) is 69.4 Å². The maximum absolute atomic E-state index is 11.6. The smallest absolute Gasteiger partial charge is 0.336 e. The van der Waals surface area contributed by atoms with Crippen LogP contribution in [0.3, 0.4) is 0 Å². The fourth-order valence-electron chi connectivity index (χ4n) is 1.59. The summed E-state index contributed by atoms with van der Waals surface area (Å²) in [5.41, 5.74) is 0.493. The van der Waals surface area contributed by atoms with Gasteiger partial charge in [-0.1, -0.05) is 29.8 Å². The third-order valence-corrected chi connectivity index (χ3v) is 2.74. The van der Waals surface area contributed by atoms with E-state index in [4.69, 9.17) is 16.3 Å². The van der Waals surface area contributed by atoms with E-state index in [1.165, 1.54) is 30.4 Å². The van der Waals surface area contributed by atoms with Crippen LogP contribution >= 0.6 is 11.6 Å². The van der Waals surface area contributed by atoms with E-state index >= 15 is 0 Å². The van der Waals surface area contributed by atoms with Gasteiger partial charge in [0.15, 0.2) is 0 Å². The number of hydrogen-bond acceptors (Lipinski definition) is 4. The van der Waals surface area contributed by atoms with Gasteiger partial charge in [-0.15, -0.1) is 0 Å². The summed E-state index contributed by atoms with van der Waals surface area (Å²) < 4.78 is 5.05. The average molecular weight is 304 g/mol. The van der Waals surface area contributed by atoms with Gasteiger partial charge >= 0.3 is 5.97 Å². The van der Waals surface area contributed by atoms with Gasteiger partial charge in [0.05, 0.1) is 4.92 Å². The molecule has 0 radical (unpaired) electrons. The lowest BCUT2D eigenvalue weighted by Crippen LogP contribution is -2.03. The molecule has 2 rings (SSSR count). The van der Waals surface area contributed by atoms with Crippen LogP contribution in [0.15, 0.2) is 54.6 Å². The van der Waals surface area contributed by atoms with Gasteiger partial charge in [-0.2, -0.15) is 0 Å². The molecule has 0 saturated heterocycles. The SMILES string of the molecule is O=C(/C=C/c1cccc([N+](=O)[O-])c1)Oc1cccc(Cl)c1. The molecule has 0 aliphatic rings. The lowest BCUT2D eigenvalue weighted by Gasteiger charge is -2.01. The van der Waals surface area contributed by atoms with Crippen LogP contribution in [0.25, 0.3) is 6.08 Å². The zero-order valence-electron chi connectivity index (χ0n) is 10.7.